The Morgan fingerprint density at radius 3 is 2.78 bits per heavy atom. The van der Waals surface area contributed by atoms with Crippen molar-refractivity contribution >= 4 is 11.6 Å². The topological polar surface area (TPSA) is 24.5 Å². The molecule has 0 aromatic heterocycles. The van der Waals surface area contributed by atoms with E-state index in [1.165, 1.54) is 0 Å². The monoisotopic (exact) mass is 270 g/mol. The van der Waals surface area contributed by atoms with Gasteiger partial charge in [-0.2, -0.15) is 0 Å². The van der Waals surface area contributed by atoms with E-state index in [0.717, 1.165) is 25.4 Å². The van der Waals surface area contributed by atoms with Crippen LogP contribution in [0.4, 0.5) is 0 Å². The summed E-state index contributed by atoms with van der Waals surface area (Å²) in [6.45, 7) is 7.93. The molecule has 0 saturated carbocycles. The average Bonchev–Trinajstić information content (AvgIpc) is 2.28. The van der Waals surface area contributed by atoms with E-state index in [2.05, 4.69) is 31.1 Å². The SMILES string of the molecule is CC(C)NCCN(C)CCOc1cccc(Cl)c1. The highest BCUT2D eigenvalue weighted by Crippen LogP contribution is 2.16. The third-order valence-corrected chi connectivity index (χ3v) is 2.82. The lowest BCUT2D eigenvalue weighted by atomic mass is 10.3. The van der Waals surface area contributed by atoms with Crippen LogP contribution in [0.15, 0.2) is 24.3 Å². The summed E-state index contributed by atoms with van der Waals surface area (Å²) in [4.78, 5) is 2.25. The van der Waals surface area contributed by atoms with Crippen molar-refractivity contribution in [2.75, 3.05) is 33.3 Å². The summed E-state index contributed by atoms with van der Waals surface area (Å²) >= 11 is 5.89. The molecule has 0 unspecified atom stereocenters. The fraction of sp³-hybridized carbons (Fsp3) is 0.571. The smallest absolute Gasteiger partial charge is 0.120 e. The summed E-state index contributed by atoms with van der Waals surface area (Å²) in [5, 5.41) is 4.10. The van der Waals surface area contributed by atoms with Crippen molar-refractivity contribution in [1.82, 2.24) is 10.2 Å². The molecule has 0 aliphatic rings. The highest BCUT2D eigenvalue weighted by atomic mass is 35.5. The maximum absolute atomic E-state index is 5.89. The van der Waals surface area contributed by atoms with Gasteiger partial charge < -0.3 is 15.0 Å². The summed E-state index contributed by atoms with van der Waals surface area (Å²) in [7, 11) is 2.10. The number of hydrogen-bond acceptors (Lipinski definition) is 3. The minimum atomic E-state index is 0.543. The van der Waals surface area contributed by atoms with Crippen molar-refractivity contribution in [3.05, 3.63) is 29.3 Å². The van der Waals surface area contributed by atoms with E-state index in [1.807, 2.05) is 24.3 Å². The molecule has 0 bridgehead atoms. The molecule has 0 radical (unpaired) electrons. The second-order valence-electron chi connectivity index (χ2n) is 4.72. The minimum absolute atomic E-state index is 0.543. The first kappa shape index (κ1) is 15.3. The first-order chi connectivity index (χ1) is 8.58. The molecule has 4 heteroatoms. The van der Waals surface area contributed by atoms with E-state index in [-0.39, 0.29) is 0 Å². The summed E-state index contributed by atoms with van der Waals surface area (Å²) in [5.41, 5.74) is 0. The fourth-order valence-corrected chi connectivity index (χ4v) is 1.71. The maximum Gasteiger partial charge on any atom is 0.120 e. The zero-order valence-corrected chi connectivity index (χ0v) is 12.2. The molecule has 18 heavy (non-hydrogen) atoms. The molecule has 3 nitrogen and oxygen atoms in total. The van der Waals surface area contributed by atoms with Gasteiger partial charge in [-0.15, -0.1) is 0 Å². The van der Waals surface area contributed by atoms with E-state index in [0.29, 0.717) is 17.7 Å². The molecular weight excluding hydrogens is 248 g/mol. The number of hydrogen-bond donors (Lipinski definition) is 1. The highest BCUT2D eigenvalue weighted by molar-refractivity contribution is 6.30. The summed E-state index contributed by atoms with van der Waals surface area (Å²) in [6.07, 6.45) is 0. The third-order valence-electron chi connectivity index (χ3n) is 2.58. The van der Waals surface area contributed by atoms with Gasteiger partial charge in [0.1, 0.15) is 12.4 Å². The average molecular weight is 271 g/mol. The molecule has 0 aliphatic carbocycles. The Labute approximate surface area is 115 Å². The van der Waals surface area contributed by atoms with Gasteiger partial charge >= 0.3 is 0 Å². The standard InChI is InChI=1S/C14H23ClN2O/c1-12(2)16-7-8-17(3)9-10-18-14-6-4-5-13(15)11-14/h4-6,11-12,16H,7-10H2,1-3H3. The van der Waals surface area contributed by atoms with Gasteiger partial charge in [0, 0.05) is 30.7 Å². The summed E-state index contributed by atoms with van der Waals surface area (Å²) < 4.78 is 5.64. The van der Waals surface area contributed by atoms with Gasteiger partial charge in [0.25, 0.3) is 0 Å². The van der Waals surface area contributed by atoms with Crippen LogP contribution in [0.25, 0.3) is 0 Å². The number of benzene rings is 1. The number of ether oxygens (including phenoxy) is 1. The molecule has 0 atom stereocenters. The molecule has 1 aromatic carbocycles. The number of nitrogens with zero attached hydrogens (tertiary/aromatic N) is 1. The Bertz CT molecular complexity index is 344. The highest BCUT2D eigenvalue weighted by Gasteiger charge is 2.00. The van der Waals surface area contributed by atoms with Crippen LogP contribution in [0.5, 0.6) is 5.75 Å². The predicted molar refractivity (Wildman–Crippen MR) is 77.6 cm³/mol. The Morgan fingerprint density at radius 1 is 1.33 bits per heavy atom. The molecule has 1 N–H and O–H groups in total. The van der Waals surface area contributed by atoms with Gasteiger partial charge in [-0.05, 0) is 25.2 Å². The molecule has 0 spiro atoms. The number of rotatable bonds is 8. The van der Waals surface area contributed by atoms with Crippen molar-refractivity contribution in [1.29, 1.82) is 0 Å². The normalized spacial score (nSPS) is 11.2. The van der Waals surface area contributed by atoms with Crippen LogP contribution >= 0.6 is 11.6 Å². The van der Waals surface area contributed by atoms with Gasteiger partial charge in [0.05, 0.1) is 0 Å². The Hall–Kier alpha value is -0.770. The van der Waals surface area contributed by atoms with E-state index in [4.69, 9.17) is 16.3 Å². The third kappa shape index (κ3) is 6.84. The first-order valence-corrected chi connectivity index (χ1v) is 6.76. The second-order valence-corrected chi connectivity index (χ2v) is 5.15. The van der Waals surface area contributed by atoms with E-state index in [9.17, 15) is 0 Å². The molecule has 0 saturated heterocycles. The summed E-state index contributed by atoms with van der Waals surface area (Å²) in [6, 6.07) is 8.04. The molecule has 1 rings (SSSR count). The zero-order chi connectivity index (χ0) is 13.4. The lowest BCUT2D eigenvalue weighted by Crippen LogP contribution is -2.34. The van der Waals surface area contributed by atoms with Crippen LogP contribution in [0, 0.1) is 0 Å². The lowest BCUT2D eigenvalue weighted by Gasteiger charge is -2.18. The zero-order valence-electron chi connectivity index (χ0n) is 11.4. The van der Waals surface area contributed by atoms with E-state index in [1.54, 1.807) is 0 Å². The fourth-order valence-electron chi connectivity index (χ4n) is 1.53. The summed E-state index contributed by atoms with van der Waals surface area (Å²) in [5.74, 6) is 0.830. The number of nitrogens with one attached hydrogen (secondary N) is 1. The Morgan fingerprint density at radius 2 is 2.11 bits per heavy atom. The van der Waals surface area contributed by atoms with Crippen molar-refractivity contribution < 1.29 is 4.74 Å². The molecule has 0 heterocycles. The number of likely N-dealkylation sites (N-methyl/N-ethyl adjacent to an activating group) is 1. The molecule has 0 fully saturated rings. The van der Waals surface area contributed by atoms with Crippen molar-refractivity contribution in [3.63, 3.8) is 0 Å². The molecule has 102 valence electrons. The first-order valence-electron chi connectivity index (χ1n) is 6.38. The number of halogens is 1. The molecule has 0 amide bonds. The van der Waals surface area contributed by atoms with Crippen LogP contribution in [0.2, 0.25) is 5.02 Å². The van der Waals surface area contributed by atoms with E-state index >= 15 is 0 Å². The quantitative estimate of drug-likeness (QED) is 0.786. The minimum Gasteiger partial charge on any atom is -0.492 e. The molecule has 0 aliphatic heterocycles. The van der Waals surface area contributed by atoms with Crippen LogP contribution in [-0.4, -0.2) is 44.2 Å². The van der Waals surface area contributed by atoms with Gasteiger partial charge in [-0.3, -0.25) is 0 Å². The largest absolute Gasteiger partial charge is 0.492 e. The van der Waals surface area contributed by atoms with Crippen LogP contribution < -0.4 is 10.1 Å². The predicted octanol–water partition coefficient (Wildman–Crippen LogP) is 2.65. The van der Waals surface area contributed by atoms with Gasteiger partial charge in [-0.1, -0.05) is 31.5 Å². The Kier molecular flexibility index (Phi) is 7.09. The van der Waals surface area contributed by atoms with Gasteiger partial charge in [0.15, 0.2) is 0 Å². The lowest BCUT2D eigenvalue weighted by molar-refractivity contribution is 0.236. The van der Waals surface area contributed by atoms with Crippen LogP contribution in [0.1, 0.15) is 13.8 Å². The van der Waals surface area contributed by atoms with E-state index < -0.39 is 0 Å². The maximum atomic E-state index is 5.89. The van der Waals surface area contributed by atoms with Crippen LogP contribution in [0.3, 0.4) is 0 Å². The van der Waals surface area contributed by atoms with Crippen molar-refractivity contribution in [2.45, 2.75) is 19.9 Å². The van der Waals surface area contributed by atoms with Gasteiger partial charge in [0.2, 0.25) is 0 Å². The van der Waals surface area contributed by atoms with Crippen LogP contribution in [-0.2, 0) is 0 Å². The van der Waals surface area contributed by atoms with Gasteiger partial charge in [-0.25, -0.2) is 0 Å². The van der Waals surface area contributed by atoms with Crippen molar-refractivity contribution in [2.24, 2.45) is 0 Å². The molecule has 1 aromatic rings. The molecular formula is C14H23ClN2O. The van der Waals surface area contributed by atoms with Crippen molar-refractivity contribution in [3.8, 4) is 5.75 Å². The second kappa shape index (κ2) is 8.35. The Balaban J connectivity index is 2.13.